The van der Waals surface area contributed by atoms with Crippen LogP contribution in [0.5, 0.6) is 5.75 Å². The van der Waals surface area contributed by atoms with Crippen LogP contribution in [-0.2, 0) is 4.74 Å². The quantitative estimate of drug-likeness (QED) is 0.526. The Balaban J connectivity index is 2.69. The molecule has 0 saturated heterocycles. The number of hydrogen-bond acceptors (Lipinski definition) is 5. The molecule has 1 aromatic rings. The van der Waals surface area contributed by atoms with Gasteiger partial charge in [-0.15, -0.1) is 0 Å². The third kappa shape index (κ3) is 5.71. The second kappa shape index (κ2) is 7.31. The SMILES string of the molecule is COc1cc([N+](=O)[O-])ccc1C#CCNC(=O)OC(C)(C)C. The molecule has 7 heteroatoms. The van der Waals surface area contributed by atoms with Crippen LogP contribution < -0.4 is 10.1 Å². The lowest BCUT2D eigenvalue weighted by Gasteiger charge is -2.19. The molecule has 7 nitrogen and oxygen atoms in total. The summed E-state index contributed by atoms with van der Waals surface area (Å²) < 4.78 is 10.1. The van der Waals surface area contributed by atoms with Gasteiger partial charge in [-0.05, 0) is 26.8 Å². The zero-order valence-electron chi connectivity index (χ0n) is 12.9. The van der Waals surface area contributed by atoms with Crippen LogP contribution in [0.1, 0.15) is 26.3 Å². The maximum absolute atomic E-state index is 11.4. The first-order chi connectivity index (χ1) is 10.2. The standard InChI is InChI=1S/C15H18N2O5/c1-15(2,3)22-14(18)16-9-5-6-11-7-8-12(17(19)20)10-13(11)21-4/h7-8,10H,9H2,1-4H3,(H,16,18). The molecule has 1 amide bonds. The number of nitro benzene ring substituents is 1. The van der Waals surface area contributed by atoms with Crippen LogP contribution in [-0.4, -0.2) is 30.3 Å². The van der Waals surface area contributed by atoms with E-state index in [0.717, 1.165) is 0 Å². The molecule has 0 atom stereocenters. The summed E-state index contributed by atoms with van der Waals surface area (Å²) >= 11 is 0. The van der Waals surface area contributed by atoms with Gasteiger partial charge in [-0.1, -0.05) is 11.8 Å². The summed E-state index contributed by atoms with van der Waals surface area (Å²) in [5.74, 6) is 5.82. The van der Waals surface area contributed by atoms with E-state index in [9.17, 15) is 14.9 Å². The number of amides is 1. The smallest absolute Gasteiger partial charge is 0.408 e. The number of carbonyl (C=O) groups excluding carboxylic acids is 1. The summed E-state index contributed by atoms with van der Waals surface area (Å²) in [7, 11) is 1.41. The number of nitro groups is 1. The molecular weight excluding hydrogens is 288 g/mol. The van der Waals surface area contributed by atoms with Crippen LogP contribution >= 0.6 is 0 Å². The van der Waals surface area contributed by atoms with Crippen LogP contribution in [0.3, 0.4) is 0 Å². The maximum atomic E-state index is 11.4. The van der Waals surface area contributed by atoms with Crippen molar-refractivity contribution in [3.8, 4) is 17.6 Å². The third-order valence-electron chi connectivity index (χ3n) is 2.34. The predicted molar refractivity (Wildman–Crippen MR) is 80.8 cm³/mol. The first kappa shape index (κ1) is 17.3. The van der Waals surface area contributed by atoms with Gasteiger partial charge < -0.3 is 14.8 Å². The molecule has 0 unspecified atom stereocenters. The number of methoxy groups -OCH3 is 1. The molecule has 22 heavy (non-hydrogen) atoms. The Morgan fingerprint density at radius 3 is 2.64 bits per heavy atom. The van der Waals surface area contributed by atoms with Crippen LogP contribution in [0.2, 0.25) is 0 Å². The lowest BCUT2D eigenvalue weighted by atomic mass is 10.2. The van der Waals surface area contributed by atoms with Gasteiger partial charge in [0, 0.05) is 6.07 Å². The predicted octanol–water partition coefficient (Wildman–Crippen LogP) is 2.48. The van der Waals surface area contributed by atoms with Crippen LogP contribution in [0.25, 0.3) is 0 Å². The highest BCUT2D eigenvalue weighted by atomic mass is 16.6. The molecule has 0 bridgehead atoms. The van der Waals surface area contributed by atoms with E-state index in [1.165, 1.54) is 25.3 Å². The minimum Gasteiger partial charge on any atom is -0.495 e. The second-order valence-corrected chi connectivity index (χ2v) is 5.30. The number of ether oxygens (including phenoxy) is 2. The van der Waals surface area contributed by atoms with E-state index < -0.39 is 16.6 Å². The summed E-state index contributed by atoms with van der Waals surface area (Å²) in [5, 5.41) is 13.2. The van der Waals surface area contributed by atoms with E-state index in [1.807, 2.05) is 0 Å². The van der Waals surface area contributed by atoms with E-state index in [4.69, 9.17) is 9.47 Å². The van der Waals surface area contributed by atoms with Gasteiger partial charge in [-0.25, -0.2) is 4.79 Å². The topological polar surface area (TPSA) is 90.7 Å². The summed E-state index contributed by atoms with van der Waals surface area (Å²) in [6.45, 7) is 5.38. The van der Waals surface area contributed by atoms with Crippen molar-refractivity contribution in [2.45, 2.75) is 26.4 Å². The number of hydrogen-bond donors (Lipinski definition) is 1. The Morgan fingerprint density at radius 1 is 1.41 bits per heavy atom. The first-order valence-corrected chi connectivity index (χ1v) is 6.51. The average Bonchev–Trinajstić information content (AvgIpc) is 2.41. The minimum atomic E-state index is -0.570. The molecule has 0 aliphatic rings. The number of benzene rings is 1. The van der Waals surface area contributed by atoms with Crippen molar-refractivity contribution in [1.29, 1.82) is 0 Å². The van der Waals surface area contributed by atoms with Gasteiger partial charge >= 0.3 is 6.09 Å². The zero-order valence-corrected chi connectivity index (χ0v) is 12.9. The lowest BCUT2D eigenvalue weighted by molar-refractivity contribution is -0.384. The Bertz CT molecular complexity index is 623. The molecule has 0 saturated carbocycles. The molecule has 0 aromatic heterocycles. The highest BCUT2D eigenvalue weighted by molar-refractivity contribution is 5.68. The fraction of sp³-hybridized carbons (Fsp3) is 0.400. The zero-order chi connectivity index (χ0) is 16.8. The molecule has 0 aliphatic heterocycles. The highest BCUT2D eigenvalue weighted by Crippen LogP contribution is 2.23. The van der Waals surface area contributed by atoms with Crippen molar-refractivity contribution in [2.75, 3.05) is 13.7 Å². The minimum absolute atomic E-state index is 0.0747. The number of nitrogens with zero attached hydrogens (tertiary/aromatic N) is 1. The Morgan fingerprint density at radius 2 is 2.09 bits per heavy atom. The van der Waals surface area contributed by atoms with Gasteiger partial charge in [0.25, 0.3) is 5.69 Å². The normalized spacial score (nSPS) is 10.2. The first-order valence-electron chi connectivity index (χ1n) is 6.51. The second-order valence-electron chi connectivity index (χ2n) is 5.30. The molecule has 0 fully saturated rings. The summed E-state index contributed by atoms with van der Waals surface area (Å²) in [4.78, 5) is 21.6. The highest BCUT2D eigenvalue weighted by Gasteiger charge is 2.15. The van der Waals surface area contributed by atoms with Crippen molar-refractivity contribution < 1.29 is 19.2 Å². The third-order valence-corrected chi connectivity index (χ3v) is 2.34. The van der Waals surface area contributed by atoms with E-state index >= 15 is 0 Å². The van der Waals surface area contributed by atoms with Crippen molar-refractivity contribution in [2.24, 2.45) is 0 Å². The fourth-order valence-corrected chi connectivity index (χ4v) is 1.47. The molecule has 0 heterocycles. The number of non-ortho nitro benzene ring substituents is 1. The van der Waals surface area contributed by atoms with Gasteiger partial charge in [0.1, 0.15) is 11.4 Å². The molecule has 1 N–H and O–H groups in total. The largest absolute Gasteiger partial charge is 0.495 e. The molecule has 0 aliphatic carbocycles. The maximum Gasteiger partial charge on any atom is 0.408 e. The van der Waals surface area contributed by atoms with Crippen LogP contribution in [0, 0.1) is 22.0 Å². The fourth-order valence-electron chi connectivity index (χ4n) is 1.47. The van der Waals surface area contributed by atoms with Crippen molar-refractivity contribution >= 4 is 11.8 Å². The Kier molecular flexibility index (Phi) is 5.75. The Labute approximate surface area is 128 Å². The number of nitrogens with one attached hydrogen (secondary N) is 1. The van der Waals surface area contributed by atoms with Gasteiger partial charge in [-0.2, -0.15) is 0 Å². The number of alkyl carbamates (subject to hydrolysis) is 1. The molecular formula is C15H18N2O5. The molecule has 0 spiro atoms. The average molecular weight is 306 g/mol. The molecule has 1 aromatic carbocycles. The van der Waals surface area contributed by atoms with Crippen molar-refractivity contribution in [1.82, 2.24) is 5.32 Å². The van der Waals surface area contributed by atoms with Gasteiger partial charge in [0.05, 0.1) is 30.2 Å². The number of rotatable bonds is 3. The van der Waals surface area contributed by atoms with Gasteiger partial charge in [0.2, 0.25) is 0 Å². The summed E-state index contributed by atoms with van der Waals surface area (Å²) in [5.41, 5.74) is -0.146. The van der Waals surface area contributed by atoms with Crippen molar-refractivity contribution in [3.05, 3.63) is 33.9 Å². The van der Waals surface area contributed by atoms with E-state index in [1.54, 1.807) is 20.8 Å². The summed E-state index contributed by atoms with van der Waals surface area (Å²) in [6.07, 6.45) is -0.558. The molecule has 118 valence electrons. The van der Waals surface area contributed by atoms with Crippen LogP contribution in [0.15, 0.2) is 18.2 Å². The molecule has 1 rings (SSSR count). The van der Waals surface area contributed by atoms with E-state index in [2.05, 4.69) is 17.2 Å². The monoisotopic (exact) mass is 306 g/mol. The van der Waals surface area contributed by atoms with E-state index in [0.29, 0.717) is 11.3 Å². The van der Waals surface area contributed by atoms with Crippen molar-refractivity contribution in [3.63, 3.8) is 0 Å². The number of carbonyl (C=O) groups is 1. The Hall–Kier alpha value is -2.75. The van der Waals surface area contributed by atoms with Gasteiger partial charge in [-0.3, -0.25) is 10.1 Å². The summed E-state index contributed by atoms with van der Waals surface area (Å²) in [6, 6.07) is 4.14. The lowest BCUT2D eigenvalue weighted by Crippen LogP contribution is -2.32. The van der Waals surface area contributed by atoms with Gasteiger partial charge in [0.15, 0.2) is 0 Å². The molecule has 0 radical (unpaired) electrons. The van der Waals surface area contributed by atoms with Crippen LogP contribution in [0.4, 0.5) is 10.5 Å². The van der Waals surface area contributed by atoms with E-state index in [-0.39, 0.29) is 12.2 Å².